The number of rotatable bonds is 4. The van der Waals surface area contributed by atoms with Gasteiger partial charge in [0.25, 0.3) is 5.91 Å². The second-order valence-corrected chi connectivity index (χ2v) is 4.99. The highest BCUT2D eigenvalue weighted by molar-refractivity contribution is 6.04. The van der Waals surface area contributed by atoms with Crippen LogP contribution in [0.3, 0.4) is 0 Å². The Morgan fingerprint density at radius 1 is 1.12 bits per heavy atom. The number of hydrogen-bond donors (Lipinski definition) is 1. The maximum atomic E-state index is 12.5. The lowest BCUT2D eigenvalue weighted by molar-refractivity contribution is 0.102. The van der Waals surface area contributed by atoms with Gasteiger partial charge in [-0.1, -0.05) is 6.07 Å². The van der Waals surface area contributed by atoms with Crippen molar-refractivity contribution in [2.24, 2.45) is 0 Å². The molecule has 3 heterocycles. The quantitative estimate of drug-likeness (QED) is 0.589. The first-order valence-corrected chi connectivity index (χ1v) is 7.25. The summed E-state index contributed by atoms with van der Waals surface area (Å²) in [6, 6.07) is 8.59. The van der Waals surface area contributed by atoms with Gasteiger partial charge in [-0.25, -0.2) is 19.6 Å². The highest BCUT2D eigenvalue weighted by atomic mass is 16.1. The second-order valence-electron chi connectivity index (χ2n) is 4.99. The summed E-state index contributed by atoms with van der Waals surface area (Å²) in [4.78, 5) is 24.7. The van der Waals surface area contributed by atoms with Crippen LogP contribution in [-0.2, 0) is 0 Å². The molecule has 122 valence electrons. The van der Waals surface area contributed by atoms with Crippen molar-refractivity contribution in [2.45, 2.75) is 0 Å². The maximum Gasteiger partial charge on any atom is 0.256 e. The van der Waals surface area contributed by atoms with E-state index >= 15 is 0 Å². The lowest BCUT2D eigenvalue weighted by Gasteiger charge is -2.07. The molecule has 0 bridgehead atoms. The van der Waals surface area contributed by atoms with Gasteiger partial charge in [-0.15, -0.1) is 5.10 Å². The number of tetrazole rings is 1. The molecule has 0 saturated heterocycles. The predicted molar refractivity (Wildman–Crippen MR) is 86.3 cm³/mol. The summed E-state index contributed by atoms with van der Waals surface area (Å²) in [5, 5.41) is 13.7. The highest BCUT2D eigenvalue weighted by Gasteiger charge is 2.10. The third-order valence-corrected chi connectivity index (χ3v) is 3.39. The molecule has 3 aromatic heterocycles. The van der Waals surface area contributed by atoms with Gasteiger partial charge in [-0.05, 0) is 28.6 Å². The van der Waals surface area contributed by atoms with Crippen LogP contribution in [-0.4, -0.2) is 45.6 Å². The highest BCUT2D eigenvalue weighted by Crippen LogP contribution is 2.13. The van der Waals surface area contributed by atoms with Gasteiger partial charge in [-0.3, -0.25) is 9.36 Å². The molecule has 4 aromatic rings. The van der Waals surface area contributed by atoms with Gasteiger partial charge in [0.05, 0.1) is 5.69 Å². The number of benzene rings is 1. The zero-order chi connectivity index (χ0) is 17.1. The van der Waals surface area contributed by atoms with Crippen LogP contribution in [0.5, 0.6) is 0 Å². The lowest BCUT2D eigenvalue weighted by Crippen LogP contribution is -2.14. The van der Waals surface area contributed by atoms with E-state index in [0.717, 1.165) is 0 Å². The Bertz CT molecular complexity index is 996. The molecule has 1 amide bonds. The van der Waals surface area contributed by atoms with Gasteiger partial charge < -0.3 is 5.32 Å². The molecule has 0 saturated carbocycles. The van der Waals surface area contributed by atoms with Crippen LogP contribution in [0.1, 0.15) is 10.4 Å². The number of carbonyl (C=O) groups is 1. The molecule has 0 spiro atoms. The minimum Gasteiger partial charge on any atom is -0.306 e. The van der Waals surface area contributed by atoms with Crippen molar-refractivity contribution in [3.8, 4) is 11.5 Å². The van der Waals surface area contributed by atoms with Crippen LogP contribution in [0, 0.1) is 0 Å². The van der Waals surface area contributed by atoms with Crippen LogP contribution in [0.2, 0.25) is 0 Å². The fourth-order valence-electron chi connectivity index (χ4n) is 2.21. The Kier molecular flexibility index (Phi) is 3.67. The Hall–Kier alpha value is -3.95. The molecular weight excluding hydrogens is 322 g/mol. The van der Waals surface area contributed by atoms with Crippen molar-refractivity contribution in [1.82, 2.24) is 39.7 Å². The number of amides is 1. The molecular formula is C15H11N9O. The van der Waals surface area contributed by atoms with Gasteiger partial charge in [-0.2, -0.15) is 0 Å². The fraction of sp³-hybridized carbons (Fsp3) is 0. The van der Waals surface area contributed by atoms with E-state index in [9.17, 15) is 4.79 Å². The Labute approximate surface area is 141 Å². The van der Waals surface area contributed by atoms with E-state index in [-0.39, 0.29) is 5.91 Å². The number of carbonyl (C=O) groups excluding carboxylic acids is 1. The largest absolute Gasteiger partial charge is 0.306 e. The van der Waals surface area contributed by atoms with Crippen molar-refractivity contribution >= 4 is 11.7 Å². The Morgan fingerprint density at radius 2 is 2.08 bits per heavy atom. The van der Waals surface area contributed by atoms with E-state index < -0.39 is 0 Å². The molecule has 0 atom stereocenters. The van der Waals surface area contributed by atoms with E-state index in [1.165, 1.54) is 17.3 Å². The number of nitrogens with zero attached hydrogens (tertiary/aromatic N) is 8. The molecule has 0 radical (unpaired) electrons. The summed E-state index contributed by atoms with van der Waals surface area (Å²) in [6.07, 6.45) is 7.85. The molecule has 25 heavy (non-hydrogen) atoms. The van der Waals surface area contributed by atoms with Gasteiger partial charge in [0.2, 0.25) is 0 Å². The standard InChI is InChI=1S/C15H11N9O/c25-15(11-2-1-3-12(6-11)24-10-19-21-22-24)20-13-7-14(18-8-17-13)23-5-4-16-9-23/h1-10H,(H,17,18,20,25). The summed E-state index contributed by atoms with van der Waals surface area (Å²) in [5.74, 6) is 0.687. The molecule has 10 heteroatoms. The number of nitrogens with one attached hydrogen (secondary N) is 1. The zero-order valence-electron chi connectivity index (χ0n) is 12.8. The third-order valence-electron chi connectivity index (χ3n) is 3.39. The normalized spacial score (nSPS) is 10.6. The summed E-state index contributed by atoms with van der Waals surface area (Å²) in [7, 11) is 0. The average Bonchev–Trinajstić information content (AvgIpc) is 3.36. The van der Waals surface area contributed by atoms with Gasteiger partial charge in [0.1, 0.15) is 30.6 Å². The number of aromatic nitrogens is 8. The number of imidazole rings is 1. The van der Waals surface area contributed by atoms with Crippen molar-refractivity contribution in [3.05, 3.63) is 67.3 Å². The average molecular weight is 333 g/mol. The molecule has 0 unspecified atom stereocenters. The molecule has 10 nitrogen and oxygen atoms in total. The monoisotopic (exact) mass is 333 g/mol. The Balaban J connectivity index is 1.57. The van der Waals surface area contributed by atoms with E-state index in [4.69, 9.17) is 0 Å². The van der Waals surface area contributed by atoms with Crippen molar-refractivity contribution in [1.29, 1.82) is 0 Å². The molecule has 1 aromatic carbocycles. The molecule has 0 aliphatic heterocycles. The lowest BCUT2D eigenvalue weighted by atomic mass is 10.2. The topological polar surface area (TPSA) is 116 Å². The van der Waals surface area contributed by atoms with Crippen LogP contribution < -0.4 is 5.32 Å². The SMILES string of the molecule is O=C(Nc1cc(-n2ccnc2)ncn1)c1cccc(-n2cnnn2)c1. The van der Waals surface area contributed by atoms with Crippen LogP contribution in [0.4, 0.5) is 5.82 Å². The van der Waals surface area contributed by atoms with Gasteiger partial charge in [0.15, 0.2) is 0 Å². The smallest absolute Gasteiger partial charge is 0.256 e. The van der Waals surface area contributed by atoms with E-state index in [2.05, 4.69) is 35.8 Å². The van der Waals surface area contributed by atoms with Crippen molar-refractivity contribution in [2.75, 3.05) is 5.32 Å². The second kappa shape index (κ2) is 6.28. The minimum atomic E-state index is -0.301. The fourth-order valence-corrected chi connectivity index (χ4v) is 2.21. The number of hydrogen-bond acceptors (Lipinski definition) is 7. The maximum absolute atomic E-state index is 12.5. The molecule has 4 rings (SSSR count). The van der Waals surface area contributed by atoms with Crippen LogP contribution >= 0.6 is 0 Å². The molecule has 0 aliphatic rings. The third kappa shape index (κ3) is 3.08. The first-order valence-electron chi connectivity index (χ1n) is 7.25. The van der Waals surface area contributed by atoms with Crippen LogP contribution in [0.25, 0.3) is 11.5 Å². The van der Waals surface area contributed by atoms with Crippen molar-refractivity contribution < 1.29 is 4.79 Å². The summed E-state index contributed by atoms with van der Waals surface area (Å²) in [5.41, 5.74) is 1.13. The molecule has 0 fully saturated rings. The van der Waals surface area contributed by atoms with Crippen molar-refractivity contribution in [3.63, 3.8) is 0 Å². The minimum absolute atomic E-state index is 0.301. The summed E-state index contributed by atoms with van der Waals surface area (Å²) < 4.78 is 3.19. The first kappa shape index (κ1) is 14.6. The predicted octanol–water partition coefficient (Wildman–Crippen LogP) is 0.890. The van der Waals surface area contributed by atoms with Gasteiger partial charge >= 0.3 is 0 Å². The summed E-state index contributed by atoms with van der Waals surface area (Å²) in [6.45, 7) is 0. The first-order chi connectivity index (χ1) is 12.3. The Morgan fingerprint density at radius 3 is 2.88 bits per heavy atom. The summed E-state index contributed by atoms with van der Waals surface area (Å²) >= 11 is 0. The molecule has 1 N–H and O–H groups in total. The van der Waals surface area contributed by atoms with Crippen LogP contribution in [0.15, 0.2) is 61.7 Å². The van der Waals surface area contributed by atoms with E-state index in [1.54, 1.807) is 53.6 Å². The number of anilines is 1. The molecule has 0 aliphatic carbocycles. The van der Waals surface area contributed by atoms with E-state index in [0.29, 0.717) is 22.9 Å². The zero-order valence-corrected chi connectivity index (χ0v) is 12.8. The van der Waals surface area contributed by atoms with E-state index in [1.807, 2.05) is 0 Å². The van der Waals surface area contributed by atoms with Gasteiger partial charge in [0, 0.05) is 24.0 Å².